The normalized spacial score (nSPS) is 8.33. The molecule has 0 aliphatic heterocycles. The molecule has 0 heterocycles. The number of nitrogens with two attached hydrogens (primary N) is 1. The second-order valence-electron chi connectivity index (χ2n) is 2.17. The smallest absolute Gasteiger partial charge is 0.130 e. The van der Waals surface area contributed by atoms with E-state index in [0.717, 1.165) is 0 Å². The van der Waals surface area contributed by atoms with Crippen molar-refractivity contribution in [2.24, 2.45) is 5.90 Å². The molecule has 0 spiro atoms. The summed E-state index contributed by atoms with van der Waals surface area (Å²) in [4.78, 5) is 27.8. The van der Waals surface area contributed by atoms with E-state index in [2.05, 4.69) is 15.8 Å². The Morgan fingerprint density at radius 3 is 1.50 bits per heavy atom. The van der Waals surface area contributed by atoms with Crippen molar-refractivity contribution >= 4 is 11.6 Å². The van der Waals surface area contributed by atoms with Gasteiger partial charge in [0.25, 0.3) is 0 Å². The van der Waals surface area contributed by atoms with Crippen LogP contribution in [-0.4, -0.2) is 18.7 Å². The number of carbonyl (C=O) groups excluding carboxylic acids is 2. The molecule has 0 aromatic rings. The van der Waals surface area contributed by atoms with Crippen LogP contribution < -0.4 is 5.90 Å². The van der Waals surface area contributed by atoms with Crippen molar-refractivity contribution in [3.8, 4) is 0 Å². The Kier molecular flexibility index (Phi) is 11.7. The fourth-order valence-electron chi connectivity index (χ4n) is 0.352. The lowest BCUT2D eigenvalue weighted by molar-refractivity contribution is -0.277. The second-order valence-corrected chi connectivity index (χ2v) is 2.17. The molecule has 0 aliphatic rings. The van der Waals surface area contributed by atoms with Crippen LogP contribution in [0.15, 0.2) is 0 Å². The fraction of sp³-hybridized carbons (Fsp3) is 0.714. The van der Waals surface area contributed by atoms with E-state index in [1.54, 1.807) is 0 Å². The highest BCUT2D eigenvalue weighted by Crippen LogP contribution is 1.89. The van der Waals surface area contributed by atoms with Crippen LogP contribution >= 0.6 is 0 Å². The maximum atomic E-state index is 10.2. The standard InChI is InChI=1S/C6H10O2.CH5NO2/c1-5(7)3-4-6(2)8;1-3-4-2/h3-4H2,1-2H3;2H2,1H3. The number of carbonyl (C=O) groups is 2. The predicted octanol–water partition coefficient (Wildman–Crippen LogP) is 0.383. The molecule has 0 atom stereocenters. The van der Waals surface area contributed by atoms with Crippen molar-refractivity contribution in [2.75, 3.05) is 7.11 Å². The first-order chi connectivity index (χ1) is 5.54. The number of rotatable bonds is 4. The third-order valence-corrected chi connectivity index (χ3v) is 0.925. The van der Waals surface area contributed by atoms with Crippen molar-refractivity contribution in [1.29, 1.82) is 0 Å². The van der Waals surface area contributed by atoms with Crippen LogP contribution in [0.1, 0.15) is 26.7 Å². The molecular formula is C7H15NO4. The summed E-state index contributed by atoms with van der Waals surface area (Å²) >= 11 is 0. The summed E-state index contributed by atoms with van der Waals surface area (Å²) in [6.45, 7) is 2.98. The highest BCUT2D eigenvalue weighted by atomic mass is 17.3. The molecule has 0 fully saturated rings. The Balaban J connectivity index is 0. The maximum absolute atomic E-state index is 10.2. The molecule has 0 aliphatic carbocycles. The Morgan fingerprint density at radius 2 is 1.42 bits per heavy atom. The predicted molar refractivity (Wildman–Crippen MR) is 42.9 cm³/mol. The summed E-state index contributed by atoms with van der Waals surface area (Å²) in [6, 6.07) is 0. The minimum atomic E-state index is 0.0835. The maximum Gasteiger partial charge on any atom is 0.130 e. The van der Waals surface area contributed by atoms with E-state index in [4.69, 9.17) is 0 Å². The Morgan fingerprint density at radius 1 is 1.17 bits per heavy atom. The zero-order valence-corrected chi connectivity index (χ0v) is 7.62. The average molecular weight is 177 g/mol. The lowest BCUT2D eigenvalue weighted by atomic mass is 10.2. The number of hydrogen-bond donors (Lipinski definition) is 1. The molecule has 0 aromatic heterocycles. The van der Waals surface area contributed by atoms with E-state index in [0.29, 0.717) is 12.8 Å². The van der Waals surface area contributed by atoms with Gasteiger partial charge in [0, 0.05) is 12.8 Å². The van der Waals surface area contributed by atoms with Crippen LogP contribution in [0.4, 0.5) is 0 Å². The van der Waals surface area contributed by atoms with Crippen LogP contribution in [0.3, 0.4) is 0 Å². The monoisotopic (exact) mass is 177 g/mol. The SMILES string of the molecule is CC(=O)CCC(C)=O.COON. The van der Waals surface area contributed by atoms with Crippen LogP contribution in [0, 0.1) is 0 Å². The molecule has 0 amide bonds. The molecule has 0 saturated heterocycles. The average Bonchev–Trinajstić information content (AvgIpc) is 2.01. The van der Waals surface area contributed by atoms with Crippen molar-refractivity contribution in [1.82, 2.24) is 0 Å². The highest BCUT2D eigenvalue weighted by molar-refractivity contribution is 5.83. The van der Waals surface area contributed by atoms with Gasteiger partial charge in [0.2, 0.25) is 0 Å². The second kappa shape index (κ2) is 10.2. The minimum Gasteiger partial charge on any atom is -0.300 e. The largest absolute Gasteiger partial charge is 0.300 e. The molecule has 12 heavy (non-hydrogen) atoms. The summed E-state index contributed by atoms with van der Waals surface area (Å²) in [7, 11) is 1.33. The van der Waals surface area contributed by atoms with E-state index >= 15 is 0 Å². The van der Waals surface area contributed by atoms with Crippen LogP contribution in [0.25, 0.3) is 0 Å². The summed E-state index contributed by atoms with van der Waals surface area (Å²) < 4.78 is 0. The highest BCUT2D eigenvalue weighted by Gasteiger charge is 1.95. The van der Waals surface area contributed by atoms with E-state index in [9.17, 15) is 9.59 Å². The van der Waals surface area contributed by atoms with Gasteiger partial charge < -0.3 is 9.59 Å². The molecule has 5 heteroatoms. The topological polar surface area (TPSA) is 78.6 Å². The Hall–Kier alpha value is -0.780. The molecule has 2 N–H and O–H groups in total. The van der Waals surface area contributed by atoms with Crippen molar-refractivity contribution in [2.45, 2.75) is 26.7 Å². The molecule has 0 unspecified atom stereocenters. The fourth-order valence-corrected chi connectivity index (χ4v) is 0.352. The van der Waals surface area contributed by atoms with E-state index in [-0.39, 0.29) is 11.6 Å². The van der Waals surface area contributed by atoms with Crippen LogP contribution in [-0.2, 0) is 19.5 Å². The summed E-state index contributed by atoms with van der Waals surface area (Å²) in [5.41, 5.74) is 0. The van der Waals surface area contributed by atoms with Gasteiger partial charge in [0.1, 0.15) is 11.6 Å². The van der Waals surface area contributed by atoms with Gasteiger partial charge >= 0.3 is 0 Å². The van der Waals surface area contributed by atoms with Gasteiger partial charge in [0.15, 0.2) is 0 Å². The first-order valence-electron chi connectivity index (χ1n) is 3.43. The molecule has 0 rings (SSSR count). The van der Waals surface area contributed by atoms with Crippen LogP contribution in [0.2, 0.25) is 0 Å². The van der Waals surface area contributed by atoms with Crippen molar-refractivity contribution in [3.05, 3.63) is 0 Å². The van der Waals surface area contributed by atoms with Gasteiger partial charge in [-0.3, -0.25) is 0 Å². The molecule has 72 valence electrons. The molecule has 0 aromatic carbocycles. The van der Waals surface area contributed by atoms with Gasteiger partial charge in [-0.25, -0.2) is 4.89 Å². The minimum absolute atomic E-state index is 0.0835. The lowest BCUT2D eigenvalue weighted by Crippen LogP contribution is -1.95. The third-order valence-electron chi connectivity index (χ3n) is 0.925. The zero-order valence-electron chi connectivity index (χ0n) is 7.62. The quantitative estimate of drug-likeness (QED) is 0.496. The van der Waals surface area contributed by atoms with Gasteiger partial charge in [-0.1, -0.05) is 0 Å². The summed E-state index contributed by atoms with van der Waals surface area (Å²) in [5.74, 6) is 4.47. The Labute approximate surface area is 71.7 Å². The Bertz CT molecular complexity index is 119. The van der Waals surface area contributed by atoms with Gasteiger partial charge in [0.05, 0.1) is 7.11 Å². The third kappa shape index (κ3) is 22.9. The first-order valence-corrected chi connectivity index (χ1v) is 3.43. The molecule has 0 radical (unpaired) electrons. The molecule has 0 saturated carbocycles. The summed E-state index contributed by atoms with van der Waals surface area (Å²) in [6.07, 6.45) is 0.796. The summed E-state index contributed by atoms with van der Waals surface area (Å²) in [5, 5.41) is 0. The molecule has 5 nitrogen and oxygen atoms in total. The van der Waals surface area contributed by atoms with Gasteiger partial charge in [-0.2, -0.15) is 5.90 Å². The number of hydrogen-bond acceptors (Lipinski definition) is 5. The van der Waals surface area contributed by atoms with E-state index in [1.165, 1.54) is 21.0 Å². The first kappa shape index (κ1) is 13.8. The van der Waals surface area contributed by atoms with Gasteiger partial charge in [-0.15, -0.1) is 4.99 Å². The number of ketones is 2. The van der Waals surface area contributed by atoms with Crippen molar-refractivity contribution in [3.63, 3.8) is 0 Å². The lowest BCUT2D eigenvalue weighted by Gasteiger charge is -1.86. The number of Topliss-reactive ketones (excluding diaryl/α,β-unsaturated/α-hetero) is 2. The molecule has 0 bridgehead atoms. The van der Waals surface area contributed by atoms with E-state index in [1.807, 2.05) is 0 Å². The van der Waals surface area contributed by atoms with E-state index < -0.39 is 0 Å². The molecular weight excluding hydrogens is 162 g/mol. The van der Waals surface area contributed by atoms with Crippen LogP contribution in [0.5, 0.6) is 0 Å². The van der Waals surface area contributed by atoms with Gasteiger partial charge in [-0.05, 0) is 13.8 Å². The zero-order chi connectivity index (χ0) is 9.98. The van der Waals surface area contributed by atoms with Crippen molar-refractivity contribution < 1.29 is 19.5 Å².